The van der Waals surface area contributed by atoms with Gasteiger partial charge in [0.15, 0.2) is 5.25 Å². The first-order valence-electron chi connectivity index (χ1n) is 6.40. The van der Waals surface area contributed by atoms with Crippen molar-refractivity contribution in [2.24, 2.45) is 0 Å². The molecule has 0 fully saturated rings. The smallest absolute Gasteiger partial charge is 0.407 e. The van der Waals surface area contributed by atoms with E-state index in [-0.39, 0.29) is 19.6 Å². The molecule has 1 atom stereocenters. The predicted octanol–water partition coefficient (Wildman–Crippen LogP) is 2.09. The van der Waals surface area contributed by atoms with Crippen molar-refractivity contribution in [2.75, 3.05) is 13.2 Å². The second-order valence-electron chi connectivity index (χ2n) is 4.31. The fourth-order valence-corrected chi connectivity index (χ4v) is 3.65. The largest absolute Gasteiger partial charge is 0.466 e. The van der Waals surface area contributed by atoms with E-state index >= 15 is 0 Å². The highest BCUT2D eigenvalue weighted by atomic mass is 32.2. The van der Waals surface area contributed by atoms with E-state index < -0.39 is 33.8 Å². The van der Waals surface area contributed by atoms with Crippen LogP contribution in [-0.4, -0.2) is 39.0 Å². The lowest BCUT2D eigenvalue weighted by atomic mass is 10.3. The van der Waals surface area contributed by atoms with Gasteiger partial charge >= 0.3 is 12.1 Å². The molecule has 1 N–H and O–H groups in total. The molecule has 1 aromatic rings. The first kappa shape index (κ1) is 18.9. The minimum atomic E-state index is -5.05. The number of carbonyl (C=O) groups is 1. The third-order valence-electron chi connectivity index (χ3n) is 2.65. The van der Waals surface area contributed by atoms with Crippen LogP contribution in [0.3, 0.4) is 0 Å². The van der Waals surface area contributed by atoms with E-state index in [0.717, 1.165) is 4.88 Å². The highest BCUT2D eigenvalue weighted by Crippen LogP contribution is 2.28. The number of hydrogen-bond acceptors (Lipinski definition) is 5. The third kappa shape index (κ3) is 5.93. The molecule has 10 heteroatoms. The van der Waals surface area contributed by atoms with Gasteiger partial charge in [-0.3, -0.25) is 4.79 Å². The Balaban J connectivity index is 2.71. The van der Waals surface area contributed by atoms with Crippen LogP contribution in [0.5, 0.6) is 0 Å². The molecule has 1 rings (SSSR count). The van der Waals surface area contributed by atoms with Crippen LogP contribution in [0.4, 0.5) is 13.2 Å². The number of nitrogens with one attached hydrogen (secondary N) is 1. The quantitative estimate of drug-likeness (QED) is 0.722. The Bertz CT molecular complexity index is 570. The van der Waals surface area contributed by atoms with Crippen LogP contribution in [0, 0.1) is 0 Å². The number of thiophene rings is 1. The summed E-state index contributed by atoms with van der Waals surface area (Å²) in [5, 5.41) is -1.04. The van der Waals surface area contributed by atoms with Crippen molar-refractivity contribution < 1.29 is 31.1 Å². The minimum Gasteiger partial charge on any atom is -0.466 e. The van der Waals surface area contributed by atoms with Gasteiger partial charge in [0.2, 0.25) is 10.0 Å². The Morgan fingerprint density at radius 1 is 1.45 bits per heavy atom. The highest BCUT2D eigenvalue weighted by molar-refractivity contribution is 7.90. The summed E-state index contributed by atoms with van der Waals surface area (Å²) in [5.74, 6) is -1.20. The second-order valence-corrected chi connectivity index (χ2v) is 7.29. The number of halogens is 3. The number of esters is 1. The van der Waals surface area contributed by atoms with Crippen molar-refractivity contribution in [1.29, 1.82) is 0 Å². The second kappa shape index (κ2) is 7.93. The van der Waals surface area contributed by atoms with Crippen molar-refractivity contribution >= 4 is 27.3 Å². The number of carbonyl (C=O) groups excluding carboxylic acids is 1. The molecule has 0 amide bonds. The molecule has 0 bridgehead atoms. The first-order valence-corrected chi connectivity index (χ1v) is 8.82. The van der Waals surface area contributed by atoms with Crippen molar-refractivity contribution in [2.45, 2.75) is 31.2 Å². The molecule has 0 saturated heterocycles. The summed E-state index contributed by atoms with van der Waals surface area (Å²) in [6.07, 6.45) is -6.03. The normalized spacial score (nSPS) is 13.8. The Morgan fingerprint density at radius 2 is 2.14 bits per heavy atom. The molecule has 0 aliphatic rings. The van der Waals surface area contributed by atoms with E-state index in [0.29, 0.717) is 0 Å². The van der Waals surface area contributed by atoms with E-state index in [2.05, 4.69) is 4.74 Å². The van der Waals surface area contributed by atoms with Gasteiger partial charge in [0.05, 0.1) is 13.0 Å². The average Bonchev–Trinajstić information content (AvgIpc) is 2.87. The molecule has 5 nitrogen and oxygen atoms in total. The molecule has 0 spiro atoms. The predicted molar refractivity (Wildman–Crippen MR) is 76.0 cm³/mol. The standard InChI is InChI=1S/C12H16F3NO4S2/c1-2-20-11(17)8-10(12(13,14)15)22(18,19)16-6-5-9-4-3-7-21-9/h3-4,7,10,16H,2,5-6,8H2,1H3. The summed E-state index contributed by atoms with van der Waals surface area (Å²) in [4.78, 5) is 12.0. The van der Waals surface area contributed by atoms with E-state index in [4.69, 9.17) is 0 Å². The molecule has 1 heterocycles. The monoisotopic (exact) mass is 359 g/mol. The van der Waals surface area contributed by atoms with E-state index in [1.807, 2.05) is 4.72 Å². The fraction of sp³-hybridized carbons (Fsp3) is 0.583. The summed E-state index contributed by atoms with van der Waals surface area (Å²) < 4.78 is 68.6. The van der Waals surface area contributed by atoms with Crippen molar-refractivity contribution in [3.63, 3.8) is 0 Å². The van der Waals surface area contributed by atoms with Gasteiger partial charge in [0, 0.05) is 11.4 Å². The lowest BCUT2D eigenvalue weighted by molar-refractivity contribution is -0.155. The lowest BCUT2D eigenvalue weighted by Crippen LogP contribution is -2.45. The molecule has 126 valence electrons. The van der Waals surface area contributed by atoms with E-state index in [1.165, 1.54) is 18.3 Å². The Labute approximate surface area is 130 Å². The number of sulfonamides is 1. The van der Waals surface area contributed by atoms with Gasteiger partial charge in [-0.25, -0.2) is 13.1 Å². The number of rotatable bonds is 8. The Morgan fingerprint density at radius 3 is 2.64 bits per heavy atom. The molecule has 0 aliphatic carbocycles. The molecule has 0 aromatic carbocycles. The van der Waals surface area contributed by atoms with Crippen molar-refractivity contribution in [3.8, 4) is 0 Å². The van der Waals surface area contributed by atoms with Gasteiger partial charge in [-0.2, -0.15) is 13.2 Å². The zero-order chi connectivity index (χ0) is 16.8. The molecular formula is C12H16F3NO4S2. The SMILES string of the molecule is CCOC(=O)CC(C(F)(F)F)S(=O)(=O)NCCc1cccs1. The molecule has 0 radical (unpaired) electrons. The van der Waals surface area contributed by atoms with Crippen LogP contribution >= 0.6 is 11.3 Å². The summed E-state index contributed by atoms with van der Waals surface area (Å²) in [6.45, 7) is 1.14. The summed E-state index contributed by atoms with van der Waals surface area (Å²) in [7, 11) is -4.72. The maximum Gasteiger partial charge on any atom is 0.407 e. The molecule has 1 aromatic heterocycles. The van der Waals surface area contributed by atoms with Gasteiger partial charge < -0.3 is 4.74 Å². The fourth-order valence-electron chi connectivity index (χ4n) is 1.64. The topological polar surface area (TPSA) is 72.5 Å². The van der Waals surface area contributed by atoms with Gasteiger partial charge in [0.1, 0.15) is 0 Å². The van der Waals surface area contributed by atoms with E-state index in [1.54, 1.807) is 17.5 Å². The number of ether oxygens (including phenoxy) is 1. The van der Waals surface area contributed by atoms with Crippen LogP contribution in [0.15, 0.2) is 17.5 Å². The number of alkyl halides is 3. The number of hydrogen-bond donors (Lipinski definition) is 1. The molecule has 0 aliphatic heterocycles. The van der Waals surface area contributed by atoms with Gasteiger partial charge in [0.25, 0.3) is 0 Å². The van der Waals surface area contributed by atoms with Gasteiger partial charge in [-0.05, 0) is 24.8 Å². The Hall–Kier alpha value is -1.13. The molecule has 22 heavy (non-hydrogen) atoms. The van der Waals surface area contributed by atoms with Crippen LogP contribution < -0.4 is 4.72 Å². The van der Waals surface area contributed by atoms with Crippen LogP contribution in [0.1, 0.15) is 18.2 Å². The van der Waals surface area contributed by atoms with Crippen LogP contribution in [0.2, 0.25) is 0 Å². The molecule has 1 unspecified atom stereocenters. The zero-order valence-electron chi connectivity index (χ0n) is 11.7. The minimum absolute atomic E-state index is 0.116. The molecular weight excluding hydrogens is 343 g/mol. The average molecular weight is 359 g/mol. The maximum absolute atomic E-state index is 12.9. The zero-order valence-corrected chi connectivity index (χ0v) is 13.4. The van der Waals surface area contributed by atoms with Crippen LogP contribution in [-0.2, 0) is 26.0 Å². The van der Waals surface area contributed by atoms with Crippen LogP contribution in [0.25, 0.3) is 0 Å². The first-order chi connectivity index (χ1) is 10.2. The molecule has 0 saturated carbocycles. The maximum atomic E-state index is 12.9. The van der Waals surface area contributed by atoms with Gasteiger partial charge in [-0.1, -0.05) is 6.07 Å². The van der Waals surface area contributed by atoms with Gasteiger partial charge in [-0.15, -0.1) is 11.3 Å². The third-order valence-corrected chi connectivity index (χ3v) is 5.38. The highest BCUT2D eigenvalue weighted by Gasteiger charge is 2.49. The summed E-state index contributed by atoms with van der Waals surface area (Å²) in [6, 6.07) is 3.51. The van der Waals surface area contributed by atoms with Crippen molar-refractivity contribution in [1.82, 2.24) is 4.72 Å². The van der Waals surface area contributed by atoms with E-state index in [9.17, 15) is 26.4 Å². The van der Waals surface area contributed by atoms with Crippen molar-refractivity contribution in [3.05, 3.63) is 22.4 Å². The Kier molecular flexibility index (Phi) is 6.82. The lowest BCUT2D eigenvalue weighted by Gasteiger charge is -2.20. The summed E-state index contributed by atoms with van der Waals surface area (Å²) in [5.41, 5.74) is 0. The summed E-state index contributed by atoms with van der Waals surface area (Å²) >= 11 is 1.37.